The summed E-state index contributed by atoms with van der Waals surface area (Å²) >= 11 is 0. The van der Waals surface area contributed by atoms with Crippen molar-refractivity contribution in [3.05, 3.63) is 108 Å². The van der Waals surface area contributed by atoms with Gasteiger partial charge < -0.3 is 36.6 Å². The number of rotatable bonds is 14. The molecule has 0 radical (unpaired) electrons. The van der Waals surface area contributed by atoms with E-state index in [1.807, 2.05) is 91.0 Å². The molecule has 0 fully saturated rings. The lowest BCUT2D eigenvalue weighted by Gasteiger charge is -2.27. The summed E-state index contributed by atoms with van der Waals surface area (Å²) in [5, 5.41) is 41.9. The van der Waals surface area contributed by atoms with Crippen LogP contribution in [-0.4, -0.2) is 64.8 Å². The van der Waals surface area contributed by atoms with Gasteiger partial charge in [0.2, 0.25) is 0 Å². The highest BCUT2D eigenvalue weighted by atomic mass is 16.4. The highest BCUT2D eigenvalue weighted by molar-refractivity contribution is 5.74. The van der Waals surface area contributed by atoms with Crippen molar-refractivity contribution in [2.24, 2.45) is 0 Å². The van der Waals surface area contributed by atoms with Crippen molar-refractivity contribution >= 4 is 12.1 Å². The molecule has 3 aromatic carbocycles. The lowest BCUT2D eigenvalue weighted by Crippen LogP contribution is -2.53. The lowest BCUT2D eigenvalue weighted by molar-refractivity contribution is 0.0998. The third-order valence-corrected chi connectivity index (χ3v) is 6.15. The van der Waals surface area contributed by atoms with Crippen LogP contribution < -0.4 is 21.3 Å². The Bertz CT molecular complexity index is 1100. The summed E-state index contributed by atoms with van der Waals surface area (Å²) in [7, 11) is 0. The van der Waals surface area contributed by atoms with Crippen molar-refractivity contribution in [3.63, 3.8) is 0 Å². The van der Waals surface area contributed by atoms with Crippen LogP contribution in [0.25, 0.3) is 0 Å². The Balaban J connectivity index is 1.55. The molecule has 38 heavy (non-hydrogen) atoms. The number of aliphatic hydroxyl groups excluding tert-OH is 2. The van der Waals surface area contributed by atoms with Gasteiger partial charge in [-0.2, -0.15) is 0 Å². The number of benzene rings is 3. The zero-order chi connectivity index (χ0) is 27.2. The molecule has 0 aliphatic carbocycles. The van der Waals surface area contributed by atoms with E-state index in [4.69, 9.17) is 0 Å². The molecule has 7 N–H and O–H groups in total. The fraction of sp³-hybridized carbons (Fsp3) is 0.310. The summed E-state index contributed by atoms with van der Waals surface area (Å²) in [4.78, 5) is 23.9. The molecular formula is C29H36N4O5. The first-order chi connectivity index (χ1) is 18.4. The van der Waals surface area contributed by atoms with Crippen molar-refractivity contribution in [2.45, 2.75) is 43.7 Å². The van der Waals surface area contributed by atoms with Crippen LogP contribution in [-0.2, 0) is 19.4 Å². The van der Waals surface area contributed by atoms with Gasteiger partial charge in [-0.05, 0) is 29.5 Å². The number of hydrogen-bond donors (Lipinski definition) is 7. The van der Waals surface area contributed by atoms with Crippen molar-refractivity contribution in [2.75, 3.05) is 13.1 Å². The lowest BCUT2D eigenvalue weighted by atomic mass is 10.00. The minimum absolute atomic E-state index is 0.0487. The Labute approximate surface area is 222 Å². The zero-order valence-electron chi connectivity index (χ0n) is 21.2. The Hall–Kier alpha value is -3.92. The average Bonchev–Trinajstić information content (AvgIpc) is 2.92. The number of carbonyl (C=O) groups excluding carboxylic acids is 1. The van der Waals surface area contributed by atoms with Crippen LogP contribution in [0.1, 0.15) is 16.7 Å². The predicted molar refractivity (Wildman–Crippen MR) is 146 cm³/mol. The summed E-state index contributed by atoms with van der Waals surface area (Å²) < 4.78 is 0. The van der Waals surface area contributed by atoms with Crippen LogP contribution in [0, 0.1) is 0 Å². The number of nitrogens with one attached hydrogen (secondary N) is 4. The first-order valence-corrected chi connectivity index (χ1v) is 12.6. The van der Waals surface area contributed by atoms with Crippen molar-refractivity contribution in [3.8, 4) is 0 Å². The predicted octanol–water partition coefficient (Wildman–Crippen LogP) is 2.29. The van der Waals surface area contributed by atoms with Crippen LogP contribution in [0.5, 0.6) is 0 Å². The molecule has 0 saturated heterocycles. The van der Waals surface area contributed by atoms with E-state index in [1.54, 1.807) is 0 Å². The molecule has 0 heterocycles. The first kappa shape index (κ1) is 28.6. The molecule has 202 valence electrons. The molecule has 9 heteroatoms. The fourth-order valence-corrected chi connectivity index (χ4v) is 4.12. The van der Waals surface area contributed by atoms with E-state index in [0.29, 0.717) is 19.4 Å². The van der Waals surface area contributed by atoms with Crippen molar-refractivity contribution in [1.82, 2.24) is 21.3 Å². The number of amides is 3. The molecule has 0 spiro atoms. The van der Waals surface area contributed by atoms with E-state index < -0.39 is 36.4 Å². The number of carboxylic acid groups (broad SMARTS) is 1. The minimum atomic E-state index is -1.22. The van der Waals surface area contributed by atoms with E-state index in [-0.39, 0.29) is 13.1 Å². The molecule has 3 amide bonds. The first-order valence-electron chi connectivity index (χ1n) is 12.6. The summed E-state index contributed by atoms with van der Waals surface area (Å²) in [5.41, 5.74) is 2.80. The Morgan fingerprint density at radius 2 is 1.05 bits per heavy atom. The number of carbonyl (C=O) groups is 2. The van der Waals surface area contributed by atoms with Gasteiger partial charge >= 0.3 is 12.1 Å². The van der Waals surface area contributed by atoms with Gasteiger partial charge in [0, 0.05) is 19.6 Å². The molecule has 1 unspecified atom stereocenters. The second kappa shape index (κ2) is 15.4. The molecule has 9 nitrogen and oxygen atoms in total. The Morgan fingerprint density at radius 3 is 1.50 bits per heavy atom. The van der Waals surface area contributed by atoms with E-state index in [9.17, 15) is 24.9 Å². The van der Waals surface area contributed by atoms with Crippen LogP contribution in [0.15, 0.2) is 91.0 Å². The van der Waals surface area contributed by atoms with Gasteiger partial charge in [-0.3, -0.25) is 0 Å². The normalized spacial score (nSPS) is 14.1. The molecule has 0 saturated carbocycles. The van der Waals surface area contributed by atoms with Gasteiger partial charge in [0.1, 0.15) is 0 Å². The molecule has 0 aliphatic rings. The van der Waals surface area contributed by atoms with Gasteiger partial charge in [-0.25, -0.2) is 9.59 Å². The van der Waals surface area contributed by atoms with Crippen LogP contribution in [0.3, 0.4) is 0 Å². The number of hydrogen-bond acceptors (Lipinski definition) is 5. The van der Waals surface area contributed by atoms with E-state index >= 15 is 0 Å². The maximum Gasteiger partial charge on any atom is 0.404 e. The molecule has 0 bridgehead atoms. The molecule has 3 aromatic rings. The second-order valence-electron chi connectivity index (χ2n) is 9.15. The maximum absolute atomic E-state index is 12.6. The van der Waals surface area contributed by atoms with Gasteiger partial charge in [-0.1, -0.05) is 91.0 Å². The Morgan fingerprint density at radius 1 is 0.632 bits per heavy atom. The Kier molecular flexibility index (Phi) is 11.6. The largest absolute Gasteiger partial charge is 0.465 e. The maximum atomic E-state index is 12.6. The van der Waals surface area contributed by atoms with Gasteiger partial charge in [-0.15, -0.1) is 0 Å². The molecule has 0 aromatic heterocycles. The van der Waals surface area contributed by atoms with E-state index in [2.05, 4.69) is 21.3 Å². The standard InChI is InChI=1S/C29H36N4O5/c34-26(19-30-20-27(35)25(33-29(37)38)17-22-12-6-2-7-13-22)24(16-21-10-4-1-5-11-21)32-28(36)31-18-23-14-8-3-9-15-23/h1-15,24-27,30,33-35H,16-20H2,(H,37,38)(H2,31,32,36)/t24-,25-,26?,27+/m1/s1. The fourth-order valence-electron chi connectivity index (χ4n) is 4.12. The van der Waals surface area contributed by atoms with Crippen LogP contribution >= 0.6 is 0 Å². The second-order valence-corrected chi connectivity index (χ2v) is 9.15. The van der Waals surface area contributed by atoms with Crippen molar-refractivity contribution < 1.29 is 24.9 Å². The highest BCUT2D eigenvalue weighted by Crippen LogP contribution is 2.09. The molecule has 3 rings (SSSR count). The van der Waals surface area contributed by atoms with Crippen LogP contribution in [0.4, 0.5) is 9.59 Å². The quantitative estimate of drug-likeness (QED) is 0.174. The molecule has 0 aliphatic heterocycles. The smallest absolute Gasteiger partial charge is 0.404 e. The monoisotopic (exact) mass is 520 g/mol. The van der Waals surface area contributed by atoms with E-state index in [1.165, 1.54) is 0 Å². The summed E-state index contributed by atoms with van der Waals surface area (Å²) in [5.74, 6) is 0. The number of aliphatic hydroxyl groups is 2. The SMILES string of the molecule is O=C(O)N[C@H](Cc1ccccc1)[C@@H](O)CNCC(O)[C@@H](Cc1ccccc1)NC(=O)NCc1ccccc1. The molecule has 4 atom stereocenters. The summed E-state index contributed by atoms with van der Waals surface area (Å²) in [6.45, 7) is 0.483. The summed E-state index contributed by atoms with van der Waals surface area (Å²) in [6, 6.07) is 26.6. The molecular weight excluding hydrogens is 484 g/mol. The van der Waals surface area contributed by atoms with E-state index in [0.717, 1.165) is 16.7 Å². The van der Waals surface area contributed by atoms with Crippen LogP contribution in [0.2, 0.25) is 0 Å². The third-order valence-electron chi connectivity index (χ3n) is 6.15. The van der Waals surface area contributed by atoms with Gasteiger partial charge in [0.15, 0.2) is 0 Å². The topological polar surface area (TPSA) is 143 Å². The highest BCUT2D eigenvalue weighted by Gasteiger charge is 2.24. The number of urea groups is 1. The average molecular weight is 521 g/mol. The summed E-state index contributed by atoms with van der Waals surface area (Å²) in [6.07, 6.45) is -2.50. The zero-order valence-corrected chi connectivity index (χ0v) is 21.2. The van der Waals surface area contributed by atoms with Crippen molar-refractivity contribution in [1.29, 1.82) is 0 Å². The van der Waals surface area contributed by atoms with Gasteiger partial charge in [0.05, 0.1) is 24.3 Å². The minimum Gasteiger partial charge on any atom is -0.465 e. The third kappa shape index (κ3) is 10.2. The van der Waals surface area contributed by atoms with Gasteiger partial charge in [0.25, 0.3) is 0 Å².